The van der Waals surface area contributed by atoms with Gasteiger partial charge >= 0.3 is 0 Å². The van der Waals surface area contributed by atoms with Gasteiger partial charge in [-0.1, -0.05) is 38.7 Å². The summed E-state index contributed by atoms with van der Waals surface area (Å²) in [5, 5.41) is 3.51. The second-order valence-electron chi connectivity index (χ2n) is 6.35. The molecule has 0 radical (unpaired) electrons. The van der Waals surface area contributed by atoms with Crippen LogP contribution in [-0.2, 0) is 13.2 Å². The lowest BCUT2D eigenvalue weighted by Gasteiger charge is -2.15. The van der Waals surface area contributed by atoms with Gasteiger partial charge in [0.2, 0.25) is 0 Å². The molecule has 0 aliphatic rings. The van der Waals surface area contributed by atoms with E-state index in [9.17, 15) is 0 Å². The summed E-state index contributed by atoms with van der Waals surface area (Å²) in [5.74, 6) is 1.46. The number of aromatic nitrogens is 1. The Labute approximate surface area is 177 Å². The van der Waals surface area contributed by atoms with Crippen molar-refractivity contribution >= 4 is 28.3 Å². The predicted octanol–water partition coefficient (Wildman–Crippen LogP) is 5.91. The Kier molecular flexibility index (Phi) is 12.1. The molecule has 0 saturated carbocycles. The van der Waals surface area contributed by atoms with Crippen LogP contribution in [0.25, 0.3) is 0 Å². The van der Waals surface area contributed by atoms with Crippen molar-refractivity contribution in [3.05, 3.63) is 52.3 Å². The van der Waals surface area contributed by atoms with E-state index in [2.05, 4.69) is 39.2 Å². The number of unbranched alkanes of at least 4 members (excludes halogenated alkanes) is 4. The lowest BCUT2D eigenvalue weighted by atomic mass is 10.1. The topological polar surface area (TPSA) is 43.4 Å². The first-order valence-corrected chi connectivity index (χ1v) is 10.1. The van der Waals surface area contributed by atoms with Crippen LogP contribution in [0.2, 0.25) is 0 Å². The Morgan fingerprint density at radius 1 is 1.11 bits per heavy atom. The number of nitrogens with zero attached hydrogens (tertiary/aromatic N) is 1. The molecule has 27 heavy (non-hydrogen) atoms. The molecule has 6 heteroatoms. The second kappa shape index (κ2) is 13.8. The highest BCUT2D eigenvalue weighted by molar-refractivity contribution is 9.10. The molecule has 0 atom stereocenters. The van der Waals surface area contributed by atoms with Crippen molar-refractivity contribution in [2.45, 2.75) is 52.2 Å². The van der Waals surface area contributed by atoms with Gasteiger partial charge < -0.3 is 14.8 Å². The van der Waals surface area contributed by atoms with Crippen LogP contribution in [-0.4, -0.2) is 18.6 Å². The van der Waals surface area contributed by atoms with Gasteiger partial charge in [0.05, 0.1) is 11.6 Å². The number of benzene rings is 1. The quantitative estimate of drug-likeness (QED) is 0.402. The lowest BCUT2D eigenvalue weighted by Crippen LogP contribution is -2.14. The largest absolute Gasteiger partial charge is 0.493 e. The summed E-state index contributed by atoms with van der Waals surface area (Å²) in [5.41, 5.74) is 2.20. The van der Waals surface area contributed by atoms with Crippen molar-refractivity contribution < 1.29 is 9.47 Å². The molecule has 1 aromatic heterocycles. The average molecular weight is 458 g/mol. The molecule has 4 nitrogen and oxygen atoms in total. The van der Waals surface area contributed by atoms with Crippen molar-refractivity contribution in [3.63, 3.8) is 0 Å². The van der Waals surface area contributed by atoms with Crippen LogP contribution in [0.4, 0.5) is 0 Å². The summed E-state index contributed by atoms with van der Waals surface area (Å²) in [4.78, 5) is 4.11. The van der Waals surface area contributed by atoms with E-state index in [0.717, 1.165) is 34.6 Å². The minimum absolute atomic E-state index is 0. The van der Waals surface area contributed by atoms with Gasteiger partial charge in [-0.3, -0.25) is 4.98 Å². The number of rotatable bonds is 12. The zero-order chi connectivity index (χ0) is 18.6. The maximum atomic E-state index is 5.95. The van der Waals surface area contributed by atoms with E-state index >= 15 is 0 Å². The van der Waals surface area contributed by atoms with Gasteiger partial charge in [-0.25, -0.2) is 0 Å². The van der Waals surface area contributed by atoms with E-state index in [4.69, 9.17) is 9.47 Å². The third kappa shape index (κ3) is 8.50. The molecule has 0 amide bonds. The number of halogens is 2. The van der Waals surface area contributed by atoms with Crippen molar-refractivity contribution in [1.82, 2.24) is 10.3 Å². The van der Waals surface area contributed by atoms with Crippen LogP contribution in [0, 0.1) is 0 Å². The van der Waals surface area contributed by atoms with Crippen molar-refractivity contribution in [2.75, 3.05) is 13.7 Å². The number of nitrogens with one attached hydrogen (secondary N) is 1. The molecule has 1 aromatic carbocycles. The third-order valence-electron chi connectivity index (χ3n) is 4.18. The van der Waals surface area contributed by atoms with Crippen LogP contribution in [0.1, 0.15) is 50.2 Å². The molecular weight excluding hydrogens is 428 g/mol. The molecule has 150 valence electrons. The Morgan fingerprint density at radius 2 is 1.93 bits per heavy atom. The van der Waals surface area contributed by atoms with Crippen LogP contribution in [0.3, 0.4) is 0 Å². The van der Waals surface area contributed by atoms with Gasteiger partial charge in [-0.05, 0) is 52.7 Å². The highest BCUT2D eigenvalue weighted by atomic mass is 79.9. The van der Waals surface area contributed by atoms with Gasteiger partial charge in [-0.2, -0.15) is 0 Å². The molecule has 1 N–H and O–H groups in total. The van der Waals surface area contributed by atoms with Gasteiger partial charge in [0.1, 0.15) is 6.61 Å². The molecule has 2 aromatic rings. The first kappa shape index (κ1) is 23.7. The fraction of sp³-hybridized carbons (Fsp3) is 0.476. The Bertz CT molecular complexity index is 656. The summed E-state index contributed by atoms with van der Waals surface area (Å²) in [6, 6.07) is 8.02. The smallest absolute Gasteiger partial charge is 0.175 e. The summed E-state index contributed by atoms with van der Waals surface area (Å²) < 4.78 is 12.4. The Balaban J connectivity index is 0.00000364. The number of pyridine rings is 1. The van der Waals surface area contributed by atoms with E-state index < -0.39 is 0 Å². The molecule has 0 aliphatic carbocycles. The predicted molar refractivity (Wildman–Crippen MR) is 117 cm³/mol. The number of hydrogen-bond donors (Lipinski definition) is 1. The minimum atomic E-state index is 0. The standard InChI is InChI=1S/C21H29BrN2O2.ClH/c1-3-4-5-6-7-10-23-15-18-12-19(22)21(20(13-18)25-2)26-16-17-9-8-11-24-14-17;/h8-9,11-14,23H,3-7,10,15-16H2,1-2H3;1H. The zero-order valence-corrected chi connectivity index (χ0v) is 18.6. The van der Waals surface area contributed by atoms with Crippen LogP contribution < -0.4 is 14.8 Å². The van der Waals surface area contributed by atoms with Gasteiger partial charge in [-0.15, -0.1) is 12.4 Å². The fourth-order valence-electron chi connectivity index (χ4n) is 2.74. The molecule has 0 bridgehead atoms. The van der Waals surface area contributed by atoms with Crippen LogP contribution in [0.5, 0.6) is 11.5 Å². The molecule has 0 saturated heterocycles. The van der Waals surface area contributed by atoms with Gasteiger partial charge in [0.15, 0.2) is 11.5 Å². The molecule has 0 unspecified atom stereocenters. The first-order chi connectivity index (χ1) is 12.7. The van der Waals surface area contributed by atoms with E-state index in [0.29, 0.717) is 6.61 Å². The lowest BCUT2D eigenvalue weighted by molar-refractivity contribution is 0.282. The molecule has 0 spiro atoms. The van der Waals surface area contributed by atoms with Crippen molar-refractivity contribution in [2.24, 2.45) is 0 Å². The maximum absolute atomic E-state index is 5.95. The number of methoxy groups -OCH3 is 1. The number of ether oxygens (including phenoxy) is 2. The molecule has 2 rings (SSSR count). The minimum Gasteiger partial charge on any atom is -0.493 e. The molecule has 0 fully saturated rings. The average Bonchev–Trinajstić information content (AvgIpc) is 2.67. The zero-order valence-electron chi connectivity index (χ0n) is 16.2. The summed E-state index contributed by atoms with van der Waals surface area (Å²) in [6.07, 6.45) is 10.0. The molecule has 1 heterocycles. The summed E-state index contributed by atoms with van der Waals surface area (Å²) in [7, 11) is 1.67. The molecule has 0 aliphatic heterocycles. The van der Waals surface area contributed by atoms with Gasteiger partial charge in [0, 0.05) is 24.5 Å². The Hall–Kier alpha value is -1.30. The maximum Gasteiger partial charge on any atom is 0.175 e. The first-order valence-electron chi connectivity index (χ1n) is 9.33. The Morgan fingerprint density at radius 3 is 2.63 bits per heavy atom. The van der Waals surface area contributed by atoms with E-state index in [1.165, 1.54) is 37.7 Å². The third-order valence-corrected chi connectivity index (χ3v) is 4.77. The van der Waals surface area contributed by atoms with Crippen molar-refractivity contribution in [3.8, 4) is 11.5 Å². The van der Waals surface area contributed by atoms with E-state index in [-0.39, 0.29) is 12.4 Å². The van der Waals surface area contributed by atoms with Crippen LogP contribution in [0.15, 0.2) is 41.1 Å². The van der Waals surface area contributed by atoms with E-state index in [1.807, 2.05) is 18.2 Å². The fourth-order valence-corrected chi connectivity index (χ4v) is 3.34. The number of hydrogen-bond acceptors (Lipinski definition) is 4. The summed E-state index contributed by atoms with van der Waals surface area (Å²) in [6.45, 7) is 4.57. The van der Waals surface area contributed by atoms with Gasteiger partial charge in [0.25, 0.3) is 0 Å². The summed E-state index contributed by atoms with van der Waals surface area (Å²) >= 11 is 3.62. The van der Waals surface area contributed by atoms with Crippen LogP contribution >= 0.6 is 28.3 Å². The SMILES string of the molecule is CCCCCCCNCc1cc(Br)c(OCc2cccnc2)c(OC)c1.Cl. The normalized spacial score (nSPS) is 10.3. The monoisotopic (exact) mass is 456 g/mol. The highest BCUT2D eigenvalue weighted by Crippen LogP contribution is 2.37. The molecular formula is C21H30BrClN2O2. The van der Waals surface area contributed by atoms with E-state index in [1.54, 1.807) is 19.5 Å². The second-order valence-corrected chi connectivity index (χ2v) is 7.20. The highest BCUT2D eigenvalue weighted by Gasteiger charge is 2.12. The van der Waals surface area contributed by atoms with Crippen molar-refractivity contribution in [1.29, 1.82) is 0 Å².